The second-order valence-corrected chi connectivity index (χ2v) is 5.68. The van der Waals surface area contributed by atoms with Crippen LogP contribution >= 0.6 is 0 Å². The van der Waals surface area contributed by atoms with Gasteiger partial charge in [-0.1, -0.05) is 24.3 Å². The summed E-state index contributed by atoms with van der Waals surface area (Å²) < 4.78 is 1.47. The summed E-state index contributed by atoms with van der Waals surface area (Å²) in [4.78, 5) is 14.5. The van der Waals surface area contributed by atoms with E-state index in [1.807, 2.05) is 80.5 Å². The molecule has 3 aromatic rings. The molecular formula is C18H19N5O. The summed E-state index contributed by atoms with van der Waals surface area (Å²) in [6, 6.07) is 17.1. The second kappa shape index (κ2) is 6.54. The molecule has 0 aliphatic carbocycles. The Morgan fingerprint density at radius 1 is 1.00 bits per heavy atom. The van der Waals surface area contributed by atoms with Crippen molar-refractivity contribution in [2.75, 3.05) is 19.0 Å². The maximum absolute atomic E-state index is 12.6. The standard InChI is InChI=1S/C18H19N5O/c1-13-17(18(24)23(21-13)15-9-5-4-6-10-15)20-19-14-8-7-11-16(12-14)22(2)3/h4-12,21H,1-3H3. The maximum Gasteiger partial charge on any atom is 0.299 e. The quantitative estimate of drug-likeness (QED) is 0.739. The molecule has 0 saturated carbocycles. The molecule has 0 radical (unpaired) electrons. The van der Waals surface area contributed by atoms with Crippen molar-refractivity contribution in [2.45, 2.75) is 6.92 Å². The molecule has 0 atom stereocenters. The molecule has 3 rings (SSSR count). The van der Waals surface area contributed by atoms with Crippen molar-refractivity contribution in [1.82, 2.24) is 9.78 Å². The molecule has 6 nitrogen and oxygen atoms in total. The van der Waals surface area contributed by atoms with E-state index in [0.29, 0.717) is 17.1 Å². The van der Waals surface area contributed by atoms with Crippen LogP contribution in [0, 0.1) is 6.92 Å². The third-order valence-corrected chi connectivity index (χ3v) is 3.67. The average molecular weight is 321 g/mol. The average Bonchev–Trinajstić information content (AvgIpc) is 2.88. The molecular weight excluding hydrogens is 302 g/mol. The molecule has 0 aliphatic heterocycles. The fraction of sp³-hybridized carbons (Fsp3) is 0.167. The summed E-state index contributed by atoms with van der Waals surface area (Å²) in [6.07, 6.45) is 0. The smallest absolute Gasteiger partial charge is 0.299 e. The van der Waals surface area contributed by atoms with E-state index in [-0.39, 0.29) is 5.56 Å². The number of H-pyrrole nitrogens is 1. The van der Waals surface area contributed by atoms with E-state index in [1.54, 1.807) is 0 Å². The summed E-state index contributed by atoms with van der Waals surface area (Å²) in [6.45, 7) is 1.81. The summed E-state index contributed by atoms with van der Waals surface area (Å²) >= 11 is 0. The third-order valence-electron chi connectivity index (χ3n) is 3.67. The van der Waals surface area contributed by atoms with Crippen molar-refractivity contribution in [3.63, 3.8) is 0 Å². The van der Waals surface area contributed by atoms with Gasteiger partial charge in [-0.2, -0.15) is 5.11 Å². The molecule has 1 heterocycles. The Balaban J connectivity index is 1.95. The van der Waals surface area contributed by atoms with Gasteiger partial charge in [-0.3, -0.25) is 9.89 Å². The summed E-state index contributed by atoms with van der Waals surface area (Å²) in [5, 5.41) is 11.4. The zero-order valence-corrected chi connectivity index (χ0v) is 13.9. The topological polar surface area (TPSA) is 65.8 Å². The molecule has 0 saturated heterocycles. The number of hydrogen-bond donors (Lipinski definition) is 1. The van der Waals surface area contributed by atoms with Crippen LogP contribution in [0.25, 0.3) is 5.69 Å². The van der Waals surface area contributed by atoms with E-state index in [9.17, 15) is 4.79 Å². The Morgan fingerprint density at radius 3 is 2.46 bits per heavy atom. The lowest BCUT2D eigenvalue weighted by molar-refractivity contribution is 0.835. The van der Waals surface area contributed by atoms with Crippen molar-refractivity contribution in [3.8, 4) is 5.69 Å². The first kappa shape index (κ1) is 15.7. The molecule has 0 unspecified atom stereocenters. The van der Waals surface area contributed by atoms with Crippen molar-refractivity contribution in [2.24, 2.45) is 10.2 Å². The van der Waals surface area contributed by atoms with Gasteiger partial charge in [0, 0.05) is 19.8 Å². The number of aromatic nitrogens is 2. The summed E-state index contributed by atoms with van der Waals surface area (Å²) in [5.41, 5.74) is 3.27. The van der Waals surface area contributed by atoms with E-state index in [4.69, 9.17) is 0 Å². The molecule has 0 fully saturated rings. The second-order valence-electron chi connectivity index (χ2n) is 5.68. The lowest BCUT2D eigenvalue weighted by atomic mass is 10.3. The number of anilines is 1. The molecule has 0 amide bonds. The first-order valence-electron chi connectivity index (χ1n) is 7.62. The van der Waals surface area contributed by atoms with Crippen LogP contribution < -0.4 is 10.5 Å². The SMILES string of the molecule is Cc1[nH]n(-c2ccccc2)c(=O)c1N=Nc1cccc(N(C)C)c1. The lowest BCUT2D eigenvalue weighted by Crippen LogP contribution is -2.13. The van der Waals surface area contributed by atoms with Gasteiger partial charge in [-0.15, -0.1) is 5.11 Å². The highest BCUT2D eigenvalue weighted by Crippen LogP contribution is 2.22. The minimum absolute atomic E-state index is 0.216. The predicted molar refractivity (Wildman–Crippen MR) is 96.1 cm³/mol. The molecule has 0 bridgehead atoms. The highest BCUT2D eigenvalue weighted by Gasteiger charge is 2.11. The molecule has 24 heavy (non-hydrogen) atoms. The number of nitrogens with one attached hydrogen (secondary N) is 1. The number of para-hydroxylation sites is 1. The minimum atomic E-state index is -0.216. The summed E-state index contributed by atoms with van der Waals surface area (Å²) in [5.74, 6) is 0. The minimum Gasteiger partial charge on any atom is -0.378 e. The number of aromatic amines is 1. The van der Waals surface area contributed by atoms with Gasteiger partial charge >= 0.3 is 0 Å². The number of benzene rings is 2. The molecule has 1 N–H and O–H groups in total. The number of azo groups is 1. The number of nitrogens with zero attached hydrogens (tertiary/aromatic N) is 4. The summed E-state index contributed by atoms with van der Waals surface area (Å²) in [7, 11) is 3.93. The van der Waals surface area contributed by atoms with Crippen molar-refractivity contribution >= 4 is 17.1 Å². The molecule has 6 heteroatoms. The monoisotopic (exact) mass is 321 g/mol. The molecule has 1 aromatic heterocycles. The fourth-order valence-electron chi connectivity index (χ4n) is 2.36. The number of rotatable bonds is 4. The first-order valence-corrected chi connectivity index (χ1v) is 7.62. The van der Waals surface area contributed by atoms with Crippen molar-refractivity contribution in [3.05, 3.63) is 70.6 Å². The van der Waals surface area contributed by atoms with Crippen molar-refractivity contribution < 1.29 is 0 Å². The maximum atomic E-state index is 12.6. The van der Waals surface area contributed by atoms with Gasteiger partial charge in [0.1, 0.15) is 0 Å². The zero-order valence-electron chi connectivity index (χ0n) is 13.9. The van der Waals surface area contributed by atoms with Crippen LogP contribution in [0.4, 0.5) is 17.1 Å². The molecule has 2 aromatic carbocycles. The fourth-order valence-corrected chi connectivity index (χ4v) is 2.36. The van der Waals surface area contributed by atoms with E-state index in [1.165, 1.54) is 4.68 Å². The highest BCUT2D eigenvalue weighted by molar-refractivity contribution is 5.54. The van der Waals surface area contributed by atoms with Crippen LogP contribution in [-0.2, 0) is 0 Å². The van der Waals surface area contributed by atoms with Crippen LogP contribution in [0.3, 0.4) is 0 Å². The third kappa shape index (κ3) is 3.12. The first-order chi connectivity index (χ1) is 11.6. The lowest BCUT2D eigenvalue weighted by Gasteiger charge is -2.11. The Labute approximate surface area is 140 Å². The van der Waals surface area contributed by atoms with E-state index >= 15 is 0 Å². The van der Waals surface area contributed by atoms with Crippen LogP contribution in [0.1, 0.15) is 5.69 Å². The molecule has 0 spiro atoms. The van der Waals surface area contributed by atoms with Crippen LogP contribution in [-0.4, -0.2) is 23.9 Å². The number of aryl methyl sites for hydroxylation is 1. The van der Waals surface area contributed by atoms with Gasteiger partial charge in [0.15, 0.2) is 5.69 Å². The van der Waals surface area contributed by atoms with Gasteiger partial charge in [-0.25, -0.2) is 4.68 Å². The Morgan fingerprint density at radius 2 is 1.75 bits per heavy atom. The van der Waals surface area contributed by atoms with Crippen LogP contribution in [0.5, 0.6) is 0 Å². The van der Waals surface area contributed by atoms with Crippen LogP contribution in [0.15, 0.2) is 69.6 Å². The van der Waals surface area contributed by atoms with E-state index in [2.05, 4.69) is 15.3 Å². The van der Waals surface area contributed by atoms with Gasteiger partial charge < -0.3 is 4.90 Å². The van der Waals surface area contributed by atoms with Gasteiger partial charge in [-0.05, 0) is 37.3 Å². The van der Waals surface area contributed by atoms with Gasteiger partial charge in [0.05, 0.1) is 17.1 Å². The Bertz CT molecular complexity index is 922. The Kier molecular flexibility index (Phi) is 4.29. The number of hydrogen-bond acceptors (Lipinski definition) is 4. The zero-order chi connectivity index (χ0) is 17.1. The molecule has 122 valence electrons. The largest absolute Gasteiger partial charge is 0.378 e. The van der Waals surface area contributed by atoms with Crippen LogP contribution in [0.2, 0.25) is 0 Å². The highest BCUT2D eigenvalue weighted by atomic mass is 16.1. The Hall–Kier alpha value is -3.15. The molecule has 0 aliphatic rings. The van der Waals surface area contributed by atoms with E-state index < -0.39 is 0 Å². The predicted octanol–water partition coefficient (Wildman–Crippen LogP) is 3.96. The van der Waals surface area contributed by atoms with E-state index in [0.717, 1.165) is 11.4 Å². The van der Waals surface area contributed by atoms with Gasteiger partial charge in [0.25, 0.3) is 5.56 Å². The normalized spacial score (nSPS) is 11.1. The van der Waals surface area contributed by atoms with Gasteiger partial charge in [0.2, 0.25) is 0 Å². The van der Waals surface area contributed by atoms with Crippen molar-refractivity contribution in [1.29, 1.82) is 0 Å².